The summed E-state index contributed by atoms with van der Waals surface area (Å²) < 4.78 is 40.5. The molecule has 1 heterocycles. The second-order valence-corrected chi connectivity index (χ2v) is 4.45. The third kappa shape index (κ3) is 3.45. The molecule has 1 aliphatic rings. The van der Waals surface area contributed by atoms with Crippen LogP contribution in [0.15, 0.2) is 24.3 Å². The summed E-state index contributed by atoms with van der Waals surface area (Å²) in [7, 11) is 0. The van der Waals surface area contributed by atoms with Gasteiger partial charge in [0.05, 0.1) is 6.54 Å². The minimum absolute atomic E-state index is 0.181. The summed E-state index contributed by atoms with van der Waals surface area (Å²) in [6, 6.07) is 4.28. The fourth-order valence-corrected chi connectivity index (χ4v) is 2.18. The van der Waals surface area contributed by atoms with Crippen molar-refractivity contribution in [1.82, 2.24) is 5.32 Å². The van der Waals surface area contributed by atoms with Gasteiger partial charge >= 0.3 is 6.36 Å². The fraction of sp³-hybridized carbons (Fsp3) is 0.385. The van der Waals surface area contributed by atoms with Crippen molar-refractivity contribution in [2.75, 3.05) is 11.4 Å². The van der Waals surface area contributed by atoms with Gasteiger partial charge in [-0.3, -0.25) is 14.5 Å². The Morgan fingerprint density at radius 2 is 2.10 bits per heavy atom. The highest BCUT2D eigenvalue weighted by atomic mass is 19.4. The smallest absolute Gasteiger partial charge is 0.406 e. The second-order valence-electron chi connectivity index (χ2n) is 4.45. The first-order valence-electron chi connectivity index (χ1n) is 6.27. The number of ether oxygens (including phenoxy) is 1. The van der Waals surface area contributed by atoms with E-state index in [2.05, 4.69) is 10.1 Å². The van der Waals surface area contributed by atoms with E-state index < -0.39 is 18.2 Å². The van der Waals surface area contributed by atoms with Crippen LogP contribution in [0.2, 0.25) is 0 Å². The number of nitrogens with zero attached hydrogens (tertiary/aromatic N) is 1. The molecule has 8 heteroatoms. The van der Waals surface area contributed by atoms with Gasteiger partial charge in [-0.15, -0.1) is 13.2 Å². The molecular formula is C13H13F3N2O3. The number of anilines is 1. The van der Waals surface area contributed by atoms with Crippen LogP contribution in [-0.2, 0) is 9.59 Å². The summed E-state index contributed by atoms with van der Waals surface area (Å²) in [6.45, 7) is 1.53. The highest BCUT2D eigenvalue weighted by Gasteiger charge is 2.35. The van der Waals surface area contributed by atoms with E-state index in [0.29, 0.717) is 6.42 Å². The Morgan fingerprint density at radius 1 is 1.38 bits per heavy atom. The topological polar surface area (TPSA) is 58.6 Å². The lowest BCUT2D eigenvalue weighted by Gasteiger charge is -2.34. The predicted molar refractivity (Wildman–Crippen MR) is 67.7 cm³/mol. The molecule has 1 unspecified atom stereocenters. The first-order chi connectivity index (χ1) is 9.81. The molecule has 21 heavy (non-hydrogen) atoms. The van der Waals surface area contributed by atoms with Crippen LogP contribution in [0.1, 0.15) is 13.3 Å². The summed E-state index contributed by atoms with van der Waals surface area (Å²) in [4.78, 5) is 24.9. The van der Waals surface area contributed by atoms with E-state index in [0.717, 1.165) is 12.1 Å². The monoisotopic (exact) mass is 302 g/mol. The number of piperazine rings is 1. The van der Waals surface area contributed by atoms with Gasteiger partial charge in [0.25, 0.3) is 0 Å². The minimum Gasteiger partial charge on any atom is -0.406 e. The van der Waals surface area contributed by atoms with Crippen LogP contribution in [0.3, 0.4) is 0 Å². The van der Waals surface area contributed by atoms with E-state index >= 15 is 0 Å². The summed E-state index contributed by atoms with van der Waals surface area (Å²) in [5.41, 5.74) is 0.198. The number of carbonyl (C=O) groups is 2. The normalized spacial score (nSPS) is 19.4. The van der Waals surface area contributed by atoms with Crippen molar-refractivity contribution in [2.45, 2.75) is 25.7 Å². The summed E-state index contributed by atoms with van der Waals surface area (Å²) >= 11 is 0. The van der Waals surface area contributed by atoms with Gasteiger partial charge in [-0.1, -0.05) is 13.0 Å². The van der Waals surface area contributed by atoms with Crippen molar-refractivity contribution < 1.29 is 27.5 Å². The number of hydrogen-bond acceptors (Lipinski definition) is 3. The SMILES string of the molecule is CCC1C(=O)NCC(=O)N1c1cccc(OC(F)(F)F)c1. The summed E-state index contributed by atoms with van der Waals surface area (Å²) in [5.74, 6) is -1.15. The van der Waals surface area contributed by atoms with Crippen molar-refractivity contribution in [3.8, 4) is 5.75 Å². The van der Waals surface area contributed by atoms with Crippen molar-refractivity contribution in [2.24, 2.45) is 0 Å². The number of benzene rings is 1. The van der Waals surface area contributed by atoms with Gasteiger partial charge in [-0.2, -0.15) is 0 Å². The summed E-state index contributed by atoms with van der Waals surface area (Å²) in [6.07, 6.45) is -4.46. The van der Waals surface area contributed by atoms with Crippen LogP contribution < -0.4 is 15.0 Å². The number of nitrogens with one attached hydrogen (secondary N) is 1. The Labute approximate surface area is 118 Å². The van der Waals surface area contributed by atoms with Crippen molar-refractivity contribution in [3.05, 3.63) is 24.3 Å². The number of hydrogen-bond donors (Lipinski definition) is 1. The van der Waals surface area contributed by atoms with E-state index in [9.17, 15) is 22.8 Å². The molecule has 1 atom stereocenters. The van der Waals surface area contributed by atoms with E-state index in [1.54, 1.807) is 6.92 Å². The molecule has 0 aromatic heterocycles. The zero-order valence-electron chi connectivity index (χ0n) is 11.1. The van der Waals surface area contributed by atoms with E-state index in [1.807, 2.05) is 0 Å². The molecule has 0 bridgehead atoms. The van der Waals surface area contributed by atoms with E-state index in [4.69, 9.17) is 0 Å². The Balaban J connectivity index is 2.33. The maximum Gasteiger partial charge on any atom is 0.573 e. The fourth-order valence-electron chi connectivity index (χ4n) is 2.18. The molecular weight excluding hydrogens is 289 g/mol. The van der Waals surface area contributed by atoms with Gasteiger partial charge in [0.1, 0.15) is 11.8 Å². The maximum atomic E-state index is 12.2. The Bertz CT molecular complexity index is 560. The molecule has 1 fully saturated rings. The van der Waals surface area contributed by atoms with Gasteiger partial charge in [-0.05, 0) is 18.6 Å². The molecule has 114 valence electrons. The molecule has 1 N–H and O–H groups in total. The first-order valence-corrected chi connectivity index (χ1v) is 6.27. The zero-order valence-corrected chi connectivity index (χ0v) is 11.1. The molecule has 5 nitrogen and oxygen atoms in total. The van der Waals surface area contributed by atoms with Gasteiger partial charge < -0.3 is 10.1 Å². The highest BCUT2D eigenvalue weighted by Crippen LogP contribution is 2.29. The molecule has 0 radical (unpaired) electrons. The Morgan fingerprint density at radius 3 is 2.71 bits per heavy atom. The largest absolute Gasteiger partial charge is 0.573 e. The minimum atomic E-state index is -4.81. The van der Waals surface area contributed by atoms with Crippen LogP contribution in [-0.4, -0.2) is 30.8 Å². The lowest BCUT2D eigenvalue weighted by Crippen LogP contribution is -2.58. The predicted octanol–water partition coefficient (Wildman–Crippen LogP) is 1.83. The summed E-state index contributed by atoms with van der Waals surface area (Å²) in [5, 5.41) is 2.44. The molecule has 1 aromatic carbocycles. The third-order valence-corrected chi connectivity index (χ3v) is 3.01. The van der Waals surface area contributed by atoms with Crippen molar-refractivity contribution >= 4 is 17.5 Å². The zero-order chi connectivity index (χ0) is 15.6. The van der Waals surface area contributed by atoms with Crippen LogP contribution in [0.25, 0.3) is 0 Å². The average molecular weight is 302 g/mol. The lowest BCUT2D eigenvalue weighted by atomic mass is 10.1. The highest BCUT2D eigenvalue weighted by molar-refractivity contribution is 6.06. The molecule has 0 aliphatic carbocycles. The van der Waals surface area contributed by atoms with Gasteiger partial charge in [0.2, 0.25) is 11.8 Å². The molecule has 1 saturated heterocycles. The van der Waals surface area contributed by atoms with Crippen molar-refractivity contribution in [3.63, 3.8) is 0 Å². The van der Waals surface area contributed by atoms with E-state index in [-0.39, 0.29) is 24.0 Å². The van der Waals surface area contributed by atoms with E-state index in [1.165, 1.54) is 17.0 Å². The van der Waals surface area contributed by atoms with Crippen LogP contribution in [0, 0.1) is 0 Å². The third-order valence-electron chi connectivity index (χ3n) is 3.01. The number of rotatable bonds is 3. The van der Waals surface area contributed by atoms with Gasteiger partial charge in [0, 0.05) is 11.8 Å². The molecule has 0 spiro atoms. The lowest BCUT2D eigenvalue weighted by molar-refractivity contribution is -0.274. The number of alkyl halides is 3. The standard InChI is InChI=1S/C13H13F3N2O3/c1-2-10-12(20)17-7-11(19)18(10)8-4-3-5-9(6-8)21-13(14,15)16/h3-6,10H,2,7H2,1H3,(H,17,20). The van der Waals surface area contributed by atoms with Crippen molar-refractivity contribution in [1.29, 1.82) is 0 Å². The number of carbonyl (C=O) groups excluding carboxylic acids is 2. The molecule has 1 aromatic rings. The van der Waals surface area contributed by atoms with Crippen LogP contribution >= 0.6 is 0 Å². The molecule has 2 rings (SSSR count). The van der Waals surface area contributed by atoms with Gasteiger partial charge in [0.15, 0.2) is 0 Å². The van der Waals surface area contributed by atoms with Crippen LogP contribution in [0.4, 0.5) is 18.9 Å². The molecule has 1 aliphatic heterocycles. The van der Waals surface area contributed by atoms with Gasteiger partial charge in [-0.25, -0.2) is 0 Å². The second kappa shape index (κ2) is 5.63. The Hall–Kier alpha value is -2.25. The number of halogens is 3. The average Bonchev–Trinajstić information content (AvgIpc) is 2.39. The molecule has 2 amide bonds. The quantitative estimate of drug-likeness (QED) is 0.926. The number of amides is 2. The molecule has 0 saturated carbocycles. The maximum absolute atomic E-state index is 12.2. The van der Waals surface area contributed by atoms with Crippen LogP contribution in [0.5, 0.6) is 5.75 Å². The Kier molecular flexibility index (Phi) is 4.06. The first kappa shape index (κ1) is 15.1.